The molecule has 1 heterocycles. The number of nitrogens with two attached hydrogens (primary N) is 1. The summed E-state index contributed by atoms with van der Waals surface area (Å²) in [6.45, 7) is 6.02. The number of unbranched alkanes of at least 4 members (excludes halogenated alkanes) is 22. The Hall–Kier alpha value is -0.240. The van der Waals surface area contributed by atoms with Gasteiger partial charge in [0.2, 0.25) is 0 Å². The minimum Gasteiger partial charge on any atom is -0.388 e. The van der Waals surface area contributed by atoms with Crippen LogP contribution in [-0.4, -0.2) is 62.7 Å². The Kier molecular flexibility index (Phi) is 27.0. The van der Waals surface area contributed by atoms with Gasteiger partial charge in [0.1, 0.15) is 24.4 Å². The predicted octanol–water partition coefficient (Wildman–Crippen LogP) is 8.85. The van der Waals surface area contributed by atoms with Crippen molar-refractivity contribution in [3.05, 3.63) is 0 Å². The molecule has 1 aliphatic heterocycles. The monoisotopic (exact) mass is 586 g/mol. The molecule has 0 radical (unpaired) electrons. The first-order chi connectivity index (χ1) is 20.2. The number of methoxy groups -OCH3 is 1. The van der Waals surface area contributed by atoms with E-state index in [1.807, 2.05) is 0 Å². The van der Waals surface area contributed by atoms with Gasteiger partial charge in [-0.1, -0.05) is 155 Å². The highest BCUT2D eigenvalue weighted by Gasteiger charge is 2.46. The van der Waals surface area contributed by atoms with Crippen molar-refractivity contribution in [3.63, 3.8) is 0 Å². The summed E-state index contributed by atoms with van der Waals surface area (Å²) in [4.78, 5) is 0. The summed E-state index contributed by atoms with van der Waals surface area (Å²) < 4.78 is 24.0. The van der Waals surface area contributed by atoms with Crippen LogP contribution < -0.4 is 5.73 Å². The lowest BCUT2D eigenvalue weighted by atomic mass is 9.98. The molecule has 0 spiro atoms. The molecule has 246 valence electrons. The van der Waals surface area contributed by atoms with Gasteiger partial charge in [-0.15, -0.1) is 0 Å². The Labute approximate surface area is 255 Å². The van der Waals surface area contributed by atoms with Crippen LogP contribution in [0.15, 0.2) is 0 Å². The lowest BCUT2D eigenvalue weighted by Gasteiger charge is -2.43. The SMILES string of the molecule is CCCCCCCCCCCCCCO[C@H]1[C@H](O)[C@@H](CN)OC(OC)[C@@H]1OCCCCCCCCCCCCCC. The lowest BCUT2D eigenvalue weighted by Crippen LogP contribution is -2.61. The van der Waals surface area contributed by atoms with Gasteiger partial charge in [-0.2, -0.15) is 0 Å². The summed E-state index contributed by atoms with van der Waals surface area (Å²) in [5.74, 6) is 0. The van der Waals surface area contributed by atoms with Crippen molar-refractivity contribution in [2.45, 2.75) is 199 Å². The number of aliphatic hydroxyl groups is 1. The first kappa shape index (κ1) is 38.8. The van der Waals surface area contributed by atoms with Crippen LogP contribution in [0.25, 0.3) is 0 Å². The molecule has 0 aromatic rings. The minimum absolute atomic E-state index is 0.227. The molecule has 41 heavy (non-hydrogen) atoms. The molecule has 0 amide bonds. The molecular weight excluding hydrogens is 514 g/mol. The van der Waals surface area contributed by atoms with Crippen molar-refractivity contribution < 1.29 is 24.1 Å². The standard InChI is InChI=1S/C35H71NO5/c1-4-6-8-10-12-14-16-18-20-22-24-26-28-39-33-32(37)31(30-36)41-35(38-3)34(33)40-29-27-25-23-21-19-17-15-13-11-9-7-5-2/h31-35,37H,4-30,36H2,1-3H3/t31-,32-,33+,34-,35?/m1/s1. The fraction of sp³-hybridized carbons (Fsp3) is 1.00. The third kappa shape index (κ3) is 19.6. The molecule has 6 heteroatoms. The third-order valence-corrected chi connectivity index (χ3v) is 8.70. The third-order valence-electron chi connectivity index (χ3n) is 8.70. The van der Waals surface area contributed by atoms with E-state index >= 15 is 0 Å². The Morgan fingerprint density at radius 3 is 1.22 bits per heavy atom. The Balaban J connectivity index is 2.21. The second-order valence-electron chi connectivity index (χ2n) is 12.5. The van der Waals surface area contributed by atoms with Gasteiger partial charge in [0.25, 0.3) is 0 Å². The van der Waals surface area contributed by atoms with Crippen LogP contribution in [0.3, 0.4) is 0 Å². The maximum absolute atomic E-state index is 10.9. The molecule has 1 fully saturated rings. The Bertz CT molecular complexity index is 537. The van der Waals surface area contributed by atoms with Crippen LogP contribution in [0.4, 0.5) is 0 Å². The van der Waals surface area contributed by atoms with E-state index in [1.54, 1.807) is 7.11 Å². The number of aliphatic hydroxyl groups excluding tert-OH is 1. The molecule has 5 atom stereocenters. The predicted molar refractivity (Wildman–Crippen MR) is 172 cm³/mol. The first-order valence-corrected chi connectivity index (χ1v) is 18.0. The molecule has 1 saturated heterocycles. The summed E-state index contributed by atoms with van der Waals surface area (Å²) in [5.41, 5.74) is 5.88. The zero-order chi connectivity index (χ0) is 29.8. The van der Waals surface area contributed by atoms with E-state index < -0.39 is 30.7 Å². The van der Waals surface area contributed by atoms with Crippen molar-refractivity contribution in [2.24, 2.45) is 5.73 Å². The zero-order valence-electron chi connectivity index (χ0n) is 27.6. The van der Waals surface area contributed by atoms with Gasteiger partial charge in [-0.05, 0) is 12.8 Å². The molecule has 0 aromatic heterocycles. The van der Waals surface area contributed by atoms with E-state index in [-0.39, 0.29) is 6.54 Å². The Morgan fingerprint density at radius 2 is 0.878 bits per heavy atom. The summed E-state index contributed by atoms with van der Waals surface area (Å²) in [6.07, 6.45) is 28.7. The van der Waals surface area contributed by atoms with E-state index in [0.29, 0.717) is 13.2 Å². The average Bonchev–Trinajstić information content (AvgIpc) is 2.98. The summed E-state index contributed by atoms with van der Waals surface area (Å²) >= 11 is 0. The first-order valence-electron chi connectivity index (χ1n) is 18.0. The van der Waals surface area contributed by atoms with Crippen LogP contribution in [-0.2, 0) is 18.9 Å². The molecular formula is C35H71NO5. The van der Waals surface area contributed by atoms with Gasteiger partial charge in [0.05, 0.1) is 0 Å². The molecule has 1 rings (SSSR count). The van der Waals surface area contributed by atoms with Crippen molar-refractivity contribution >= 4 is 0 Å². The smallest absolute Gasteiger partial charge is 0.186 e. The number of ether oxygens (including phenoxy) is 4. The molecule has 3 N–H and O–H groups in total. The van der Waals surface area contributed by atoms with Crippen LogP contribution in [0.1, 0.15) is 168 Å². The summed E-state index contributed by atoms with van der Waals surface area (Å²) in [6, 6.07) is 0. The number of hydrogen-bond donors (Lipinski definition) is 2. The van der Waals surface area contributed by atoms with E-state index in [0.717, 1.165) is 19.3 Å². The highest BCUT2D eigenvalue weighted by molar-refractivity contribution is 4.92. The summed E-state index contributed by atoms with van der Waals surface area (Å²) in [7, 11) is 1.62. The average molecular weight is 586 g/mol. The van der Waals surface area contributed by atoms with Crippen molar-refractivity contribution in [2.75, 3.05) is 26.9 Å². The molecule has 1 unspecified atom stereocenters. The highest BCUT2D eigenvalue weighted by Crippen LogP contribution is 2.27. The van der Waals surface area contributed by atoms with Crippen LogP contribution in [0.5, 0.6) is 0 Å². The maximum Gasteiger partial charge on any atom is 0.186 e. The lowest BCUT2D eigenvalue weighted by molar-refractivity contribution is -0.304. The van der Waals surface area contributed by atoms with Gasteiger partial charge in [0, 0.05) is 26.9 Å². The Morgan fingerprint density at radius 1 is 0.537 bits per heavy atom. The van der Waals surface area contributed by atoms with Gasteiger partial charge < -0.3 is 29.8 Å². The van der Waals surface area contributed by atoms with Crippen molar-refractivity contribution in [1.29, 1.82) is 0 Å². The molecule has 6 nitrogen and oxygen atoms in total. The second kappa shape index (κ2) is 28.5. The quantitative estimate of drug-likeness (QED) is 0.0819. The van der Waals surface area contributed by atoms with Crippen LogP contribution in [0.2, 0.25) is 0 Å². The fourth-order valence-electron chi connectivity index (χ4n) is 5.97. The molecule has 0 saturated carbocycles. The maximum atomic E-state index is 10.9. The molecule has 0 aromatic carbocycles. The van der Waals surface area contributed by atoms with Gasteiger partial charge in [-0.25, -0.2) is 0 Å². The highest BCUT2D eigenvalue weighted by atomic mass is 16.7. The zero-order valence-corrected chi connectivity index (χ0v) is 27.6. The number of rotatable bonds is 30. The molecule has 0 aliphatic carbocycles. The van der Waals surface area contributed by atoms with E-state index in [2.05, 4.69) is 13.8 Å². The number of hydrogen-bond acceptors (Lipinski definition) is 6. The van der Waals surface area contributed by atoms with Crippen molar-refractivity contribution in [1.82, 2.24) is 0 Å². The van der Waals surface area contributed by atoms with E-state index in [9.17, 15) is 5.11 Å². The summed E-state index contributed by atoms with van der Waals surface area (Å²) in [5, 5.41) is 10.9. The topological polar surface area (TPSA) is 83.2 Å². The van der Waals surface area contributed by atoms with Crippen LogP contribution >= 0.6 is 0 Å². The van der Waals surface area contributed by atoms with E-state index in [1.165, 1.54) is 135 Å². The molecule has 0 bridgehead atoms. The van der Waals surface area contributed by atoms with Gasteiger partial charge in [0.15, 0.2) is 6.29 Å². The largest absolute Gasteiger partial charge is 0.388 e. The van der Waals surface area contributed by atoms with Gasteiger partial charge >= 0.3 is 0 Å². The minimum atomic E-state index is -0.810. The second-order valence-corrected chi connectivity index (χ2v) is 12.5. The van der Waals surface area contributed by atoms with Crippen LogP contribution in [0, 0.1) is 0 Å². The van der Waals surface area contributed by atoms with Gasteiger partial charge in [-0.3, -0.25) is 0 Å². The van der Waals surface area contributed by atoms with Crippen molar-refractivity contribution in [3.8, 4) is 0 Å². The van der Waals surface area contributed by atoms with E-state index in [4.69, 9.17) is 24.7 Å². The molecule has 1 aliphatic rings. The fourth-order valence-corrected chi connectivity index (χ4v) is 5.97. The normalized spacial score (nSPS) is 22.9.